The highest BCUT2D eigenvalue weighted by atomic mass is 19.2. The van der Waals surface area contributed by atoms with Crippen LogP contribution in [0.2, 0.25) is 0 Å². The van der Waals surface area contributed by atoms with Gasteiger partial charge in [0.05, 0.1) is 5.69 Å². The van der Waals surface area contributed by atoms with Crippen molar-refractivity contribution in [3.8, 4) is 0 Å². The Morgan fingerprint density at radius 2 is 2.08 bits per heavy atom. The first-order chi connectivity index (χ1) is 6.29. The zero-order valence-electron chi connectivity index (χ0n) is 7.21. The quantitative estimate of drug-likeness (QED) is 0.441. The van der Waals surface area contributed by atoms with Crippen molar-refractivity contribution in [1.29, 1.82) is 0 Å². The molecule has 1 aliphatic rings. The molecule has 1 nitrogen and oxygen atoms in total. The number of benzene rings is 1. The van der Waals surface area contributed by atoms with E-state index in [2.05, 4.69) is 0 Å². The normalized spacial score (nSPS) is 22.3. The lowest BCUT2D eigenvalue weighted by molar-refractivity contribution is 0.215. The number of aryl methyl sites for hydroxylation is 1. The molecular weight excluding hydrogens is 172 g/mol. The number of anilines is 1. The maximum Gasteiger partial charge on any atom is 0.200 e. The summed E-state index contributed by atoms with van der Waals surface area (Å²) in [5.41, 5.74) is 1.28. The second-order valence-electron chi connectivity index (χ2n) is 3.27. The van der Waals surface area contributed by atoms with Gasteiger partial charge in [-0.1, -0.05) is 22.7 Å². The monoisotopic (exact) mass is 183 g/mol. The van der Waals surface area contributed by atoms with Crippen molar-refractivity contribution in [1.82, 2.24) is 0 Å². The van der Waals surface area contributed by atoms with E-state index in [-0.39, 0.29) is 11.5 Å². The predicted octanol–water partition coefficient (Wildman–Crippen LogP) is 3.01. The predicted molar refractivity (Wildman–Crippen MR) is 47.9 cm³/mol. The van der Waals surface area contributed by atoms with Crippen LogP contribution in [0.25, 0.3) is 0 Å². The highest BCUT2D eigenvalue weighted by Gasteiger charge is 2.23. The van der Waals surface area contributed by atoms with Crippen molar-refractivity contribution in [2.24, 2.45) is 0 Å². The summed E-state index contributed by atoms with van der Waals surface area (Å²) in [6.45, 7) is 0. The molecule has 0 saturated carbocycles. The van der Waals surface area contributed by atoms with E-state index < -0.39 is 6.30 Å². The molecule has 1 aliphatic heterocycles. The lowest BCUT2D eigenvalue weighted by Gasteiger charge is -2.16. The van der Waals surface area contributed by atoms with E-state index in [9.17, 15) is 8.87 Å². The summed E-state index contributed by atoms with van der Waals surface area (Å²) < 4.78 is 26.4. The molecule has 70 valence electrons. The molecular formula is C10H11F2N. The molecule has 0 aromatic heterocycles. The van der Waals surface area contributed by atoms with Crippen LogP contribution >= 0.6 is 0 Å². The fourth-order valence-corrected chi connectivity index (χ4v) is 1.66. The summed E-state index contributed by atoms with van der Waals surface area (Å²) in [5, 5.41) is 0.238. The zero-order chi connectivity index (χ0) is 9.26. The Labute approximate surface area is 75.9 Å². The third kappa shape index (κ3) is 1.50. The topological polar surface area (TPSA) is 3.24 Å². The molecule has 1 aromatic rings. The fraction of sp³-hybridized carbons (Fsp3) is 0.400. The summed E-state index contributed by atoms with van der Waals surface area (Å²) >= 11 is 0. The van der Waals surface area contributed by atoms with Gasteiger partial charge < -0.3 is 0 Å². The molecule has 0 bridgehead atoms. The van der Waals surface area contributed by atoms with Gasteiger partial charge in [0.2, 0.25) is 6.30 Å². The average Bonchev–Trinajstić information content (AvgIpc) is 2.29. The number of alkyl halides is 1. The van der Waals surface area contributed by atoms with Gasteiger partial charge in [-0.2, -0.15) is 5.12 Å². The molecule has 0 aliphatic carbocycles. The summed E-state index contributed by atoms with van der Waals surface area (Å²) in [6.07, 6.45) is 0.254. The maximum atomic E-state index is 13.3. The minimum atomic E-state index is -1.48. The first-order valence-electron chi connectivity index (χ1n) is 4.46. The Hall–Kier alpha value is -1.12. The molecule has 1 aromatic carbocycles. The molecule has 2 rings (SSSR count). The Kier molecular flexibility index (Phi) is 2.17. The molecule has 0 N–H and O–H groups in total. The lowest BCUT2D eigenvalue weighted by atomic mass is 10.1. The highest BCUT2D eigenvalue weighted by Crippen LogP contribution is 2.29. The summed E-state index contributed by atoms with van der Waals surface area (Å²) in [5.74, 6) is 0. The van der Waals surface area contributed by atoms with Crippen molar-refractivity contribution in [2.45, 2.75) is 25.6 Å². The van der Waals surface area contributed by atoms with E-state index in [1.165, 1.54) is 0 Å². The highest BCUT2D eigenvalue weighted by molar-refractivity contribution is 5.52. The van der Waals surface area contributed by atoms with Gasteiger partial charge in [-0.05, 0) is 24.5 Å². The van der Waals surface area contributed by atoms with Crippen molar-refractivity contribution < 1.29 is 8.87 Å². The molecule has 13 heavy (non-hydrogen) atoms. The van der Waals surface area contributed by atoms with E-state index in [0.29, 0.717) is 12.1 Å². The van der Waals surface area contributed by atoms with Gasteiger partial charge in [0.15, 0.2) is 0 Å². The van der Waals surface area contributed by atoms with E-state index >= 15 is 0 Å². The van der Waals surface area contributed by atoms with Crippen LogP contribution in [0.15, 0.2) is 24.3 Å². The zero-order valence-corrected chi connectivity index (χ0v) is 7.21. The SMILES string of the molecule is FC1CCCc2ccccc2N1F. The molecule has 0 radical (unpaired) electrons. The van der Waals surface area contributed by atoms with Crippen LogP contribution in [-0.4, -0.2) is 6.30 Å². The van der Waals surface area contributed by atoms with Crippen LogP contribution < -0.4 is 5.12 Å². The Morgan fingerprint density at radius 1 is 1.31 bits per heavy atom. The maximum absolute atomic E-state index is 13.3. The number of halogens is 2. The largest absolute Gasteiger partial charge is 0.221 e. The summed E-state index contributed by atoms with van der Waals surface area (Å²) in [7, 11) is 0. The Bertz CT molecular complexity index is 301. The minimum absolute atomic E-state index is 0.238. The van der Waals surface area contributed by atoms with Crippen LogP contribution in [0.5, 0.6) is 0 Å². The van der Waals surface area contributed by atoms with E-state index in [1.807, 2.05) is 12.1 Å². The smallest absolute Gasteiger partial charge is 0.200 e. The second-order valence-corrected chi connectivity index (χ2v) is 3.27. The fourth-order valence-electron chi connectivity index (χ4n) is 1.66. The Morgan fingerprint density at radius 3 is 2.92 bits per heavy atom. The van der Waals surface area contributed by atoms with Gasteiger partial charge in [0, 0.05) is 6.42 Å². The number of nitrogens with zero attached hydrogens (tertiary/aromatic N) is 1. The molecule has 1 unspecified atom stereocenters. The average molecular weight is 183 g/mol. The van der Waals surface area contributed by atoms with Crippen LogP contribution in [0.1, 0.15) is 18.4 Å². The molecule has 0 amide bonds. The molecule has 1 heterocycles. The number of hydrogen-bond donors (Lipinski definition) is 0. The molecule has 0 saturated heterocycles. The third-order valence-corrected chi connectivity index (χ3v) is 2.36. The minimum Gasteiger partial charge on any atom is -0.221 e. The van der Waals surface area contributed by atoms with Crippen molar-refractivity contribution in [3.05, 3.63) is 29.8 Å². The first kappa shape index (κ1) is 8.48. The van der Waals surface area contributed by atoms with Crippen LogP contribution in [0.4, 0.5) is 14.6 Å². The van der Waals surface area contributed by atoms with Crippen molar-refractivity contribution in [2.75, 3.05) is 5.12 Å². The number of rotatable bonds is 0. The van der Waals surface area contributed by atoms with Gasteiger partial charge in [-0.15, -0.1) is 0 Å². The van der Waals surface area contributed by atoms with E-state index in [4.69, 9.17) is 0 Å². The van der Waals surface area contributed by atoms with Gasteiger partial charge >= 0.3 is 0 Å². The molecule has 0 spiro atoms. The van der Waals surface area contributed by atoms with Gasteiger partial charge in [0.1, 0.15) is 0 Å². The van der Waals surface area contributed by atoms with E-state index in [1.54, 1.807) is 12.1 Å². The van der Waals surface area contributed by atoms with Gasteiger partial charge in [-0.3, -0.25) is 0 Å². The van der Waals surface area contributed by atoms with Crippen molar-refractivity contribution in [3.63, 3.8) is 0 Å². The number of fused-ring (bicyclic) bond motifs is 1. The molecule has 3 heteroatoms. The van der Waals surface area contributed by atoms with Crippen LogP contribution in [-0.2, 0) is 6.42 Å². The van der Waals surface area contributed by atoms with Gasteiger partial charge in [0.25, 0.3) is 0 Å². The third-order valence-electron chi connectivity index (χ3n) is 2.36. The van der Waals surface area contributed by atoms with Crippen LogP contribution in [0.3, 0.4) is 0 Å². The summed E-state index contributed by atoms with van der Waals surface area (Å²) in [6, 6.07) is 7.04. The second kappa shape index (κ2) is 3.32. The van der Waals surface area contributed by atoms with Crippen LogP contribution in [0, 0.1) is 0 Å². The lowest BCUT2D eigenvalue weighted by Crippen LogP contribution is -2.22. The summed E-state index contributed by atoms with van der Waals surface area (Å²) in [4.78, 5) is 0. The van der Waals surface area contributed by atoms with E-state index in [0.717, 1.165) is 12.0 Å². The van der Waals surface area contributed by atoms with Gasteiger partial charge in [-0.25, -0.2) is 4.39 Å². The first-order valence-corrected chi connectivity index (χ1v) is 4.46. The molecule has 1 atom stereocenters. The number of para-hydroxylation sites is 1. The number of hydrogen-bond acceptors (Lipinski definition) is 1. The van der Waals surface area contributed by atoms with Crippen molar-refractivity contribution >= 4 is 5.69 Å². The molecule has 0 fully saturated rings. The standard InChI is InChI=1S/C10H11F2N/c11-10-7-3-5-8-4-1-2-6-9(8)13(10)12/h1-2,4,6,10H,3,5,7H2. The Balaban J connectivity index is 2.40.